The minimum atomic E-state index is -4.90. The first-order chi connectivity index (χ1) is 21.0. The fourth-order valence-electron chi connectivity index (χ4n) is 7.22. The van der Waals surface area contributed by atoms with Crippen LogP contribution in [-0.4, -0.2) is 31.7 Å². The van der Waals surface area contributed by atoms with E-state index in [-0.39, 0.29) is 29.1 Å². The molecule has 244 valence electrons. The number of rotatable bonds is 4. The molecule has 0 saturated heterocycles. The van der Waals surface area contributed by atoms with E-state index in [9.17, 15) is 30.7 Å². The molecule has 1 heterocycles. The van der Waals surface area contributed by atoms with E-state index in [1.165, 1.54) is 0 Å². The molecule has 0 spiro atoms. The van der Waals surface area contributed by atoms with Crippen LogP contribution in [-0.2, 0) is 37.5 Å². The molecule has 8 nitrogen and oxygen atoms in total. The maximum Gasteiger partial charge on any atom is 0.298 e. The van der Waals surface area contributed by atoms with Crippen LogP contribution < -0.4 is 15.2 Å². The van der Waals surface area contributed by atoms with Gasteiger partial charge in [0.2, 0.25) is 0 Å². The van der Waals surface area contributed by atoms with E-state index in [0.717, 1.165) is 5.56 Å². The summed E-state index contributed by atoms with van der Waals surface area (Å²) in [7, 11) is -9.77. The lowest BCUT2D eigenvalue weighted by Crippen LogP contribution is -2.32. The highest BCUT2D eigenvalue weighted by molar-refractivity contribution is 7.86. The molecule has 46 heavy (non-hydrogen) atoms. The number of ether oxygens (including phenoxy) is 1. The molecule has 2 atom stereocenters. The number of Topliss-reactive ketones (excluding diaryl/α,β-unsaturated/α-hetero) is 1. The number of hydrogen-bond acceptors (Lipinski definition) is 6. The van der Waals surface area contributed by atoms with Crippen molar-refractivity contribution in [1.82, 2.24) is 0 Å². The Morgan fingerprint density at radius 3 is 1.98 bits per heavy atom. The second-order valence-corrected chi connectivity index (χ2v) is 18.0. The van der Waals surface area contributed by atoms with Crippen molar-refractivity contribution in [2.45, 2.75) is 89.4 Å². The maximum atomic E-state index is 13.2. The van der Waals surface area contributed by atoms with Crippen LogP contribution in [0.25, 0.3) is 11.6 Å². The van der Waals surface area contributed by atoms with Gasteiger partial charge in [-0.3, -0.25) is 13.9 Å². The van der Waals surface area contributed by atoms with Crippen LogP contribution in [0.2, 0.25) is 0 Å². The van der Waals surface area contributed by atoms with Crippen LogP contribution in [0.15, 0.2) is 46.2 Å². The molecular weight excluding hydrogens is 625 g/mol. The summed E-state index contributed by atoms with van der Waals surface area (Å²) < 4.78 is 80.5. The van der Waals surface area contributed by atoms with Crippen LogP contribution in [0, 0.1) is 17.3 Å². The zero-order valence-electron chi connectivity index (χ0n) is 27.6. The van der Waals surface area contributed by atoms with Crippen LogP contribution in [0.5, 0.6) is 11.5 Å². The summed E-state index contributed by atoms with van der Waals surface area (Å²) >= 11 is 0. The Morgan fingerprint density at radius 2 is 1.43 bits per heavy atom. The highest BCUT2D eigenvalue weighted by Crippen LogP contribution is 2.52. The molecule has 2 unspecified atom stereocenters. The van der Waals surface area contributed by atoms with Gasteiger partial charge in [-0.15, -0.1) is 0 Å². The van der Waals surface area contributed by atoms with Gasteiger partial charge in [0, 0.05) is 27.3 Å². The molecule has 6 rings (SSSR count). The summed E-state index contributed by atoms with van der Waals surface area (Å²) in [5, 5.41) is 0.659. The Balaban J connectivity index is 1.83. The molecule has 1 aliphatic heterocycles. The summed E-state index contributed by atoms with van der Waals surface area (Å²) in [6, 6.07) is 10.6. The number of benzene rings is 3. The monoisotopic (exact) mass is 664 g/mol. The predicted octanol–water partition coefficient (Wildman–Crippen LogP) is 5.94. The SMILES string of the molecule is CC1C=c2c(cc3c(c2S(=O)(=O)O)Oc2c(cc4c(c2S(=O)(=O)O)CC(C)C4(C)C)C=3c2ccc(C(=O)C(C)(C)C)cc2)C1(C)C. The van der Waals surface area contributed by atoms with E-state index < -0.39 is 46.3 Å². The highest BCUT2D eigenvalue weighted by Gasteiger charge is 2.45. The average molecular weight is 665 g/mol. The van der Waals surface area contributed by atoms with Crippen molar-refractivity contribution in [3.63, 3.8) is 0 Å². The molecule has 3 aromatic rings. The first-order valence-corrected chi connectivity index (χ1v) is 18.3. The van der Waals surface area contributed by atoms with Gasteiger partial charge in [0.05, 0.1) is 0 Å². The van der Waals surface area contributed by atoms with Gasteiger partial charge in [0.25, 0.3) is 20.2 Å². The van der Waals surface area contributed by atoms with E-state index in [0.29, 0.717) is 50.2 Å². The van der Waals surface area contributed by atoms with Crippen LogP contribution in [0.3, 0.4) is 0 Å². The molecule has 0 fully saturated rings. The molecule has 3 aliphatic rings. The molecule has 0 saturated carbocycles. The number of fused-ring (bicyclic) bond motifs is 4. The summed E-state index contributed by atoms with van der Waals surface area (Å²) in [5.74, 6) is -0.542. The lowest BCUT2D eigenvalue weighted by atomic mass is 9.77. The third-order valence-corrected chi connectivity index (χ3v) is 12.5. The first kappa shape index (κ1) is 32.6. The standard InChI is InChI=1S/C36H40O8S2/c1-18-14-22-26(35(18,6)7)16-24-28(20-10-12-21(13-11-20)33(37)34(3,4)5)25-17-27-23(15-19(2)36(27,8)9)32(46(41,42)43)30(25)44-29(24)31(22)45(38,39)40/h10-14,16-19H,15H2,1-9H3,(H,38,39,40)(H,41,42,43). The molecule has 10 heteroatoms. The van der Waals surface area contributed by atoms with E-state index >= 15 is 0 Å². The summed E-state index contributed by atoms with van der Waals surface area (Å²) in [4.78, 5) is 12.3. The van der Waals surface area contributed by atoms with Crippen LogP contribution in [0.1, 0.15) is 100 Å². The fraction of sp³-hybridized carbons (Fsp3) is 0.417. The van der Waals surface area contributed by atoms with Gasteiger partial charge in [-0.25, -0.2) is 0 Å². The Hall–Kier alpha value is -3.31. The zero-order valence-corrected chi connectivity index (χ0v) is 29.2. The summed E-state index contributed by atoms with van der Waals surface area (Å²) in [6.07, 6.45) is 2.13. The van der Waals surface area contributed by atoms with E-state index in [1.807, 2.05) is 74.4 Å². The van der Waals surface area contributed by atoms with Crippen molar-refractivity contribution in [1.29, 1.82) is 0 Å². The molecule has 0 aromatic heterocycles. The van der Waals surface area contributed by atoms with Gasteiger partial charge in [0.1, 0.15) is 9.79 Å². The summed E-state index contributed by atoms with van der Waals surface area (Å²) in [5.41, 5.74) is 2.18. The Labute approximate surface area is 270 Å². The van der Waals surface area contributed by atoms with Gasteiger partial charge < -0.3 is 4.74 Å². The third-order valence-electron chi connectivity index (χ3n) is 10.7. The molecule has 0 radical (unpaired) electrons. The Bertz CT molecular complexity index is 2220. The largest absolute Gasteiger partial charge is 0.453 e. The number of ketones is 1. The second kappa shape index (κ2) is 9.86. The first-order valence-electron chi connectivity index (χ1n) is 15.4. The van der Waals surface area contributed by atoms with Crippen molar-refractivity contribution < 1.29 is 35.5 Å². The molecular formula is C36H40O8S2. The topological polar surface area (TPSA) is 135 Å². The Kier molecular flexibility index (Phi) is 6.99. The highest BCUT2D eigenvalue weighted by atomic mass is 32.2. The molecule has 2 N–H and O–H groups in total. The number of hydrogen-bond donors (Lipinski definition) is 2. The van der Waals surface area contributed by atoms with Crippen molar-refractivity contribution in [3.8, 4) is 11.5 Å². The average Bonchev–Trinajstić information content (AvgIpc) is 3.28. The molecule has 2 aliphatic carbocycles. The van der Waals surface area contributed by atoms with Crippen molar-refractivity contribution in [3.05, 3.63) is 80.2 Å². The van der Waals surface area contributed by atoms with Gasteiger partial charge in [-0.05, 0) is 68.7 Å². The third kappa shape index (κ3) is 4.71. The van der Waals surface area contributed by atoms with Gasteiger partial charge in [0.15, 0.2) is 17.3 Å². The predicted molar refractivity (Wildman–Crippen MR) is 176 cm³/mol. The van der Waals surface area contributed by atoms with Crippen molar-refractivity contribution in [2.24, 2.45) is 17.3 Å². The minimum absolute atomic E-state index is 0.0226. The molecule has 0 amide bonds. The van der Waals surface area contributed by atoms with Gasteiger partial charge in [-0.2, -0.15) is 16.8 Å². The lowest BCUT2D eigenvalue weighted by Gasteiger charge is -2.30. The Morgan fingerprint density at radius 1 is 0.848 bits per heavy atom. The van der Waals surface area contributed by atoms with Crippen molar-refractivity contribution >= 4 is 37.7 Å². The fourth-order valence-corrected chi connectivity index (χ4v) is 8.95. The van der Waals surface area contributed by atoms with Crippen LogP contribution in [0.4, 0.5) is 0 Å². The van der Waals surface area contributed by atoms with Crippen molar-refractivity contribution in [2.75, 3.05) is 0 Å². The number of carbonyl (C=O) groups is 1. The molecule has 3 aromatic carbocycles. The van der Waals surface area contributed by atoms with E-state index in [2.05, 4.69) is 0 Å². The maximum absolute atomic E-state index is 13.2. The normalized spacial score (nSPS) is 21.1. The van der Waals surface area contributed by atoms with Gasteiger partial charge >= 0.3 is 0 Å². The second-order valence-electron chi connectivity index (χ2n) is 15.2. The number of carbonyl (C=O) groups excluding carboxylic acids is 1. The van der Waals surface area contributed by atoms with Gasteiger partial charge in [-0.1, -0.05) is 92.7 Å². The quantitative estimate of drug-likeness (QED) is 0.202. The summed E-state index contributed by atoms with van der Waals surface area (Å²) in [6.45, 7) is 17.5. The lowest BCUT2D eigenvalue weighted by molar-refractivity contribution is 0.0858. The van der Waals surface area contributed by atoms with E-state index in [1.54, 1.807) is 30.3 Å². The molecule has 0 bridgehead atoms. The van der Waals surface area contributed by atoms with E-state index in [4.69, 9.17) is 4.74 Å². The zero-order chi connectivity index (χ0) is 34.1. The smallest absolute Gasteiger partial charge is 0.298 e. The minimum Gasteiger partial charge on any atom is -0.453 e. The van der Waals surface area contributed by atoms with Crippen LogP contribution >= 0.6 is 0 Å².